The molecule has 1 aromatic carbocycles. The molecule has 0 spiro atoms. The highest BCUT2D eigenvalue weighted by Crippen LogP contribution is 2.31. The van der Waals surface area contributed by atoms with Crippen LogP contribution in [0.4, 0.5) is 0 Å². The summed E-state index contributed by atoms with van der Waals surface area (Å²) in [4.78, 5) is 16.9. The molecule has 0 aliphatic rings. The lowest BCUT2D eigenvalue weighted by Crippen LogP contribution is -2.11. The standard InChI is InChI=1S/C16H17N3O2S/c1-16(2,3)14-18-19-12(9-20)13(17-15(19)22-14)10-5-7-11(21-4)8-6-10/h5-9H,1-4H3. The summed E-state index contributed by atoms with van der Waals surface area (Å²) < 4.78 is 6.79. The number of rotatable bonds is 3. The summed E-state index contributed by atoms with van der Waals surface area (Å²) >= 11 is 1.51. The third kappa shape index (κ3) is 2.39. The van der Waals surface area contributed by atoms with Crippen LogP contribution < -0.4 is 4.74 Å². The van der Waals surface area contributed by atoms with Gasteiger partial charge in [-0.1, -0.05) is 32.1 Å². The van der Waals surface area contributed by atoms with Crippen molar-refractivity contribution >= 4 is 22.6 Å². The van der Waals surface area contributed by atoms with Crippen LogP contribution in [0.1, 0.15) is 36.3 Å². The molecule has 0 N–H and O–H groups in total. The molecule has 2 heterocycles. The number of carbonyl (C=O) groups excluding carboxylic acids is 1. The second-order valence-electron chi connectivity index (χ2n) is 6.04. The molecule has 0 fully saturated rings. The molecular formula is C16H17N3O2S. The number of ether oxygens (including phenoxy) is 1. The van der Waals surface area contributed by atoms with Crippen LogP contribution in [0.3, 0.4) is 0 Å². The second-order valence-corrected chi connectivity index (χ2v) is 7.00. The fourth-order valence-electron chi connectivity index (χ4n) is 2.13. The summed E-state index contributed by atoms with van der Waals surface area (Å²) in [6, 6.07) is 7.49. The molecule has 0 saturated heterocycles. The number of hydrogen-bond donors (Lipinski definition) is 0. The molecule has 114 valence electrons. The maximum atomic E-state index is 11.5. The van der Waals surface area contributed by atoms with Crippen LogP contribution >= 0.6 is 11.3 Å². The lowest BCUT2D eigenvalue weighted by molar-refractivity contribution is 0.111. The van der Waals surface area contributed by atoms with Gasteiger partial charge in [0.25, 0.3) is 0 Å². The maximum Gasteiger partial charge on any atom is 0.213 e. The number of hydrogen-bond acceptors (Lipinski definition) is 5. The van der Waals surface area contributed by atoms with E-state index in [0.717, 1.165) is 27.6 Å². The Kier molecular flexibility index (Phi) is 3.48. The molecule has 0 unspecified atom stereocenters. The normalized spacial score (nSPS) is 11.8. The molecule has 3 rings (SSSR count). The number of fused-ring (bicyclic) bond motifs is 1. The van der Waals surface area contributed by atoms with Gasteiger partial charge in [0.05, 0.1) is 7.11 Å². The summed E-state index contributed by atoms with van der Waals surface area (Å²) in [7, 11) is 1.62. The number of nitrogens with zero attached hydrogens (tertiary/aromatic N) is 3. The van der Waals surface area contributed by atoms with E-state index in [9.17, 15) is 4.79 Å². The molecule has 0 saturated carbocycles. The highest BCUT2D eigenvalue weighted by atomic mass is 32.1. The number of imidazole rings is 1. The van der Waals surface area contributed by atoms with Gasteiger partial charge in [0.15, 0.2) is 6.29 Å². The second kappa shape index (κ2) is 5.21. The van der Waals surface area contributed by atoms with Crippen molar-refractivity contribution in [2.24, 2.45) is 0 Å². The van der Waals surface area contributed by atoms with Crippen LogP contribution in [0.25, 0.3) is 16.2 Å². The highest BCUT2D eigenvalue weighted by Gasteiger charge is 2.23. The van der Waals surface area contributed by atoms with Gasteiger partial charge in [-0.2, -0.15) is 9.61 Å². The zero-order valence-corrected chi connectivity index (χ0v) is 13.8. The summed E-state index contributed by atoms with van der Waals surface area (Å²) in [5.74, 6) is 0.769. The predicted molar refractivity (Wildman–Crippen MR) is 86.9 cm³/mol. The highest BCUT2D eigenvalue weighted by molar-refractivity contribution is 7.16. The average Bonchev–Trinajstić information content (AvgIpc) is 3.04. The number of carbonyl (C=O) groups is 1. The largest absolute Gasteiger partial charge is 0.497 e. The Labute approximate surface area is 132 Å². The maximum absolute atomic E-state index is 11.5. The van der Waals surface area contributed by atoms with Crippen molar-refractivity contribution < 1.29 is 9.53 Å². The summed E-state index contributed by atoms with van der Waals surface area (Å²) in [5, 5.41) is 5.51. The Bertz CT molecular complexity index is 826. The predicted octanol–water partition coefficient (Wildman–Crippen LogP) is 3.58. The van der Waals surface area contributed by atoms with Gasteiger partial charge in [-0.05, 0) is 24.3 Å². The van der Waals surface area contributed by atoms with Crippen LogP contribution in [-0.2, 0) is 5.41 Å². The van der Waals surface area contributed by atoms with E-state index in [2.05, 4.69) is 30.9 Å². The van der Waals surface area contributed by atoms with E-state index in [1.165, 1.54) is 11.3 Å². The number of benzene rings is 1. The first-order chi connectivity index (χ1) is 10.4. The van der Waals surface area contributed by atoms with Crippen molar-refractivity contribution in [2.75, 3.05) is 7.11 Å². The molecule has 0 atom stereocenters. The summed E-state index contributed by atoms with van der Waals surface area (Å²) in [5.41, 5.74) is 1.94. The smallest absolute Gasteiger partial charge is 0.213 e. The minimum Gasteiger partial charge on any atom is -0.497 e. The van der Waals surface area contributed by atoms with Crippen LogP contribution in [0.15, 0.2) is 24.3 Å². The first-order valence-corrected chi connectivity index (χ1v) is 7.75. The Morgan fingerprint density at radius 2 is 1.91 bits per heavy atom. The lowest BCUT2D eigenvalue weighted by atomic mass is 9.98. The molecule has 6 heteroatoms. The average molecular weight is 315 g/mol. The monoisotopic (exact) mass is 315 g/mol. The van der Waals surface area contributed by atoms with E-state index in [-0.39, 0.29) is 5.41 Å². The van der Waals surface area contributed by atoms with Crippen LogP contribution in [-0.4, -0.2) is 28.0 Å². The zero-order chi connectivity index (χ0) is 15.9. The Hall–Kier alpha value is -2.21. The van der Waals surface area contributed by atoms with E-state index in [0.29, 0.717) is 11.4 Å². The first kappa shape index (κ1) is 14.7. The van der Waals surface area contributed by atoms with Gasteiger partial charge in [-0.15, -0.1) is 0 Å². The molecule has 0 bridgehead atoms. The zero-order valence-electron chi connectivity index (χ0n) is 13.0. The van der Waals surface area contributed by atoms with Crippen LogP contribution in [0.2, 0.25) is 0 Å². The van der Waals surface area contributed by atoms with Gasteiger partial charge in [0.2, 0.25) is 4.96 Å². The summed E-state index contributed by atoms with van der Waals surface area (Å²) in [6.07, 6.45) is 0.811. The van der Waals surface area contributed by atoms with Crippen molar-refractivity contribution in [1.29, 1.82) is 0 Å². The van der Waals surface area contributed by atoms with E-state index in [4.69, 9.17) is 4.74 Å². The fraction of sp³-hybridized carbons (Fsp3) is 0.312. The van der Waals surface area contributed by atoms with E-state index in [1.54, 1.807) is 11.6 Å². The number of aldehydes is 1. The fourth-order valence-corrected chi connectivity index (χ4v) is 3.10. The summed E-state index contributed by atoms with van der Waals surface area (Å²) in [6.45, 7) is 6.28. The van der Waals surface area contributed by atoms with Crippen LogP contribution in [0, 0.1) is 0 Å². The molecule has 0 aliphatic carbocycles. The minimum atomic E-state index is -0.0637. The van der Waals surface area contributed by atoms with Gasteiger partial charge >= 0.3 is 0 Å². The molecule has 22 heavy (non-hydrogen) atoms. The van der Waals surface area contributed by atoms with E-state index < -0.39 is 0 Å². The number of methoxy groups -OCH3 is 1. The van der Waals surface area contributed by atoms with Gasteiger partial charge < -0.3 is 4.74 Å². The van der Waals surface area contributed by atoms with Gasteiger partial charge in [0, 0.05) is 11.0 Å². The van der Waals surface area contributed by atoms with E-state index in [1.807, 2.05) is 24.3 Å². The topological polar surface area (TPSA) is 56.5 Å². The molecule has 2 aromatic heterocycles. The van der Waals surface area contributed by atoms with Crippen molar-refractivity contribution in [3.63, 3.8) is 0 Å². The molecule has 0 amide bonds. The van der Waals surface area contributed by atoms with Gasteiger partial charge in [-0.25, -0.2) is 4.98 Å². The minimum absolute atomic E-state index is 0.0637. The molecule has 3 aromatic rings. The SMILES string of the molecule is COc1ccc(-c2nc3sc(C(C)(C)C)nn3c2C=O)cc1. The molecule has 0 aliphatic heterocycles. The van der Waals surface area contributed by atoms with E-state index >= 15 is 0 Å². The van der Waals surface area contributed by atoms with Crippen molar-refractivity contribution in [3.8, 4) is 17.0 Å². The third-order valence-electron chi connectivity index (χ3n) is 3.35. The van der Waals surface area contributed by atoms with Gasteiger partial charge in [0.1, 0.15) is 22.1 Å². The van der Waals surface area contributed by atoms with Crippen molar-refractivity contribution in [2.45, 2.75) is 26.2 Å². The Balaban J connectivity index is 2.14. The van der Waals surface area contributed by atoms with Crippen LogP contribution in [0.5, 0.6) is 5.75 Å². The third-order valence-corrected chi connectivity index (χ3v) is 4.69. The van der Waals surface area contributed by atoms with Crippen molar-refractivity contribution in [1.82, 2.24) is 14.6 Å². The van der Waals surface area contributed by atoms with Crippen molar-refractivity contribution in [3.05, 3.63) is 35.0 Å². The first-order valence-electron chi connectivity index (χ1n) is 6.93. The quantitative estimate of drug-likeness (QED) is 0.693. The number of aromatic nitrogens is 3. The molecule has 5 nitrogen and oxygen atoms in total. The Morgan fingerprint density at radius 1 is 1.23 bits per heavy atom. The Morgan fingerprint density at radius 3 is 2.45 bits per heavy atom. The lowest BCUT2D eigenvalue weighted by Gasteiger charge is -2.12. The van der Waals surface area contributed by atoms with Gasteiger partial charge in [-0.3, -0.25) is 4.79 Å². The molecule has 0 radical (unpaired) electrons. The molecular weight excluding hydrogens is 298 g/mol.